The van der Waals surface area contributed by atoms with Crippen molar-refractivity contribution in [3.05, 3.63) is 47.3 Å². The molecule has 0 fully saturated rings. The van der Waals surface area contributed by atoms with Crippen molar-refractivity contribution in [1.82, 2.24) is 15.1 Å². The normalized spacial score (nSPS) is 11.7. The zero-order chi connectivity index (χ0) is 16.8. The largest absolute Gasteiger partial charge is 0.351 e. The Kier molecular flexibility index (Phi) is 8.31. The molecule has 0 unspecified atom stereocenters. The smallest absolute Gasteiger partial charge is 0.237 e. The first-order chi connectivity index (χ1) is 11.0. The minimum atomic E-state index is -0.452. The first kappa shape index (κ1) is 20.5. The monoisotopic (exact) mass is 368 g/mol. The molecule has 0 radical (unpaired) electrons. The molecule has 1 aromatic heterocycles. The van der Waals surface area contributed by atoms with Gasteiger partial charge in [0.2, 0.25) is 5.91 Å². The van der Waals surface area contributed by atoms with E-state index in [1.807, 2.05) is 55.1 Å². The third kappa shape index (κ3) is 5.00. The third-order valence-corrected chi connectivity index (χ3v) is 4.50. The summed E-state index contributed by atoms with van der Waals surface area (Å²) < 4.78 is 1.91. The van der Waals surface area contributed by atoms with Gasteiger partial charge in [0.25, 0.3) is 0 Å². The summed E-state index contributed by atoms with van der Waals surface area (Å²) in [5.74, 6) is 0.781. The van der Waals surface area contributed by atoms with E-state index < -0.39 is 6.04 Å². The SMILES string of the molecule is CSCC[C@H](N)C(=O)NCc1c(C)nn(-c2ccccc2)c1C.Cl. The molecule has 0 aliphatic heterocycles. The van der Waals surface area contributed by atoms with Crippen molar-refractivity contribution in [2.75, 3.05) is 12.0 Å². The Hall–Kier alpha value is -1.50. The Morgan fingerprint density at radius 2 is 2.00 bits per heavy atom. The Labute approximate surface area is 153 Å². The number of nitrogens with two attached hydrogens (primary N) is 1. The highest BCUT2D eigenvalue weighted by Gasteiger charge is 2.16. The fourth-order valence-electron chi connectivity index (χ4n) is 2.43. The lowest BCUT2D eigenvalue weighted by molar-refractivity contribution is -0.122. The fourth-order valence-corrected chi connectivity index (χ4v) is 2.92. The van der Waals surface area contributed by atoms with E-state index in [0.29, 0.717) is 13.0 Å². The van der Waals surface area contributed by atoms with Gasteiger partial charge in [-0.15, -0.1) is 12.4 Å². The standard InChI is InChI=1S/C17H24N4OS.ClH/c1-12-15(11-19-17(22)16(18)9-10-23-3)13(2)21(20-12)14-7-5-4-6-8-14;/h4-8,16H,9-11,18H2,1-3H3,(H,19,22);1H/t16-;/m0./s1. The molecule has 1 atom stereocenters. The zero-order valence-corrected chi connectivity index (χ0v) is 15.9. The van der Waals surface area contributed by atoms with Crippen LogP contribution in [-0.2, 0) is 11.3 Å². The van der Waals surface area contributed by atoms with Crippen molar-refractivity contribution in [1.29, 1.82) is 0 Å². The first-order valence-corrected chi connectivity index (χ1v) is 9.06. The van der Waals surface area contributed by atoms with E-state index in [2.05, 4.69) is 10.4 Å². The molecule has 1 heterocycles. The molecule has 0 saturated carbocycles. The number of hydrogen-bond donors (Lipinski definition) is 2. The highest BCUT2D eigenvalue weighted by atomic mass is 35.5. The van der Waals surface area contributed by atoms with Gasteiger partial charge in [0.1, 0.15) is 0 Å². The second kappa shape index (κ2) is 9.71. The summed E-state index contributed by atoms with van der Waals surface area (Å²) in [6.07, 6.45) is 2.70. The molecule has 7 heteroatoms. The Balaban J connectivity index is 0.00000288. The van der Waals surface area contributed by atoms with Crippen LogP contribution < -0.4 is 11.1 Å². The summed E-state index contributed by atoms with van der Waals surface area (Å²) in [5.41, 5.74) is 9.91. The van der Waals surface area contributed by atoms with Crippen molar-refractivity contribution in [2.24, 2.45) is 5.73 Å². The van der Waals surface area contributed by atoms with Gasteiger partial charge in [-0.3, -0.25) is 4.79 Å². The summed E-state index contributed by atoms with van der Waals surface area (Å²) in [6, 6.07) is 9.52. The highest BCUT2D eigenvalue weighted by Crippen LogP contribution is 2.17. The number of amides is 1. The fraction of sp³-hybridized carbons (Fsp3) is 0.412. The van der Waals surface area contributed by atoms with Crippen molar-refractivity contribution in [3.63, 3.8) is 0 Å². The van der Waals surface area contributed by atoms with Gasteiger partial charge in [-0.1, -0.05) is 18.2 Å². The van der Waals surface area contributed by atoms with Crippen LogP contribution >= 0.6 is 24.2 Å². The van der Waals surface area contributed by atoms with E-state index in [-0.39, 0.29) is 18.3 Å². The maximum absolute atomic E-state index is 12.0. The zero-order valence-electron chi connectivity index (χ0n) is 14.3. The summed E-state index contributed by atoms with van der Waals surface area (Å²) in [7, 11) is 0. The third-order valence-electron chi connectivity index (χ3n) is 3.85. The Bertz CT molecular complexity index is 660. The molecule has 0 aliphatic carbocycles. The molecular formula is C17H25ClN4OS. The average molecular weight is 369 g/mol. The number of halogens is 1. The van der Waals surface area contributed by atoms with E-state index in [1.165, 1.54) is 0 Å². The van der Waals surface area contributed by atoms with Crippen LogP contribution in [0.4, 0.5) is 0 Å². The van der Waals surface area contributed by atoms with Gasteiger partial charge in [-0.2, -0.15) is 16.9 Å². The predicted molar refractivity (Wildman–Crippen MR) is 103 cm³/mol. The maximum atomic E-state index is 12.0. The number of aromatic nitrogens is 2. The van der Waals surface area contributed by atoms with E-state index >= 15 is 0 Å². The topological polar surface area (TPSA) is 72.9 Å². The number of nitrogens with one attached hydrogen (secondary N) is 1. The van der Waals surface area contributed by atoms with Crippen LogP contribution in [0.3, 0.4) is 0 Å². The molecule has 2 aromatic rings. The minimum absolute atomic E-state index is 0. The van der Waals surface area contributed by atoms with E-state index in [4.69, 9.17) is 5.73 Å². The maximum Gasteiger partial charge on any atom is 0.237 e. The molecule has 0 saturated heterocycles. The lowest BCUT2D eigenvalue weighted by atomic mass is 10.1. The number of rotatable bonds is 7. The molecular weight excluding hydrogens is 344 g/mol. The van der Waals surface area contributed by atoms with Crippen LogP contribution in [0.2, 0.25) is 0 Å². The van der Waals surface area contributed by atoms with E-state index in [1.54, 1.807) is 11.8 Å². The average Bonchev–Trinajstić information content (AvgIpc) is 2.85. The van der Waals surface area contributed by atoms with Crippen molar-refractivity contribution in [3.8, 4) is 5.69 Å². The second-order valence-electron chi connectivity index (χ2n) is 5.50. The number of nitrogens with zero attached hydrogens (tertiary/aromatic N) is 2. The molecule has 3 N–H and O–H groups in total. The molecule has 0 aliphatic rings. The van der Waals surface area contributed by atoms with Crippen LogP contribution in [-0.4, -0.2) is 33.7 Å². The van der Waals surface area contributed by atoms with E-state index in [0.717, 1.165) is 28.4 Å². The van der Waals surface area contributed by atoms with Crippen LogP contribution in [0, 0.1) is 13.8 Å². The van der Waals surface area contributed by atoms with Gasteiger partial charge in [0, 0.05) is 17.8 Å². The lowest BCUT2D eigenvalue weighted by Crippen LogP contribution is -2.40. The minimum Gasteiger partial charge on any atom is -0.351 e. The molecule has 2 rings (SSSR count). The highest BCUT2D eigenvalue weighted by molar-refractivity contribution is 7.98. The Morgan fingerprint density at radius 1 is 1.33 bits per heavy atom. The van der Waals surface area contributed by atoms with Crippen LogP contribution in [0.15, 0.2) is 30.3 Å². The van der Waals surface area contributed by atoms with Crippen molar-refractivity contribution >= 4 is 30.1 Å². The van der Waals surface area contributed by atoms with Crippen molar-refractivity contribution in [2.45, 2.75) is 32.9 Å². The van der Waals surface area contributed by atoms with Gasteiger partial charge in [-0.05, 0) is 44.4 Å². The lowest BCUT2D eigenvalue weighted by Gasteiger charge is -2.12. The first-order valence-electron chi connectivity index (χ1n) is 7.67. The predicted octanol–water partition coefficient (Wildman–Crippen LogP) is 2.61. The molecule has 24 heavy (non-hydrogen) atoms. The Morgan fingerprint density at radius 3 is 2.62 bits per heavy atom. The second-order valence-corrected chi connectivity index (χ2v) is 6.49. The summed E-state index contributed by atoms with van der Waals surface area (Å²) in [6.45, 7) is 4.43. The van der Waals surface area contributed by atoms with Gasteiger partial charge in [0.15, 0.2) is 0 Å². The molecule has 0 spiro atoms. The van der Waals surface area contributed by atoms with Crippen molar-refractivity contribution < 1.29 is 4.79 Å². The number of aryl methyl sites for hydroxylation is 1. The summed E-state index contributed by atoms with van der Waals surface area (Å²) >= 11 is 1.69. The van der Waals surface area contributed by atoms with Gasteiger partial charge in [-0.25, -0.2) is 4.68 Å². The summed E-state index contributed by atoms with van der Waals surface area (Å²) in [5, 5.41) is 7.51. The number of hydrogen-bond acceptors (Lipinski definition) is 4. The summed E-state index contributed by atoms with van der Waals surface area (Å²) in [4.78, 5) is 12.0. The number of carbonyl (C=O) groups is 1. The number of carbonyl (C=O) groups excluding carboxylic acids is 1. The van der Waals surface area contributed by atoms with Gasteiger partial charge < -0.3 is 11.1 Å². The molecule has 0 bridgehead atoms. The number of benzene rings is 1. The number of thioether (sulfide) groups is 1. The molecule has 1 amide bonds. The van der Waals surface area contributed by atoms with Crippen LogP contribution in [0.1, 0.15) is 23.4 Å². The molecule has 5 nitrogen and oxygen atoms in total. The van der Waals surface area contributed by atoms with Crippen LogP contribution in [0.25, 0.3) is 5.69 Å². The van der Waals surface area contributed by atoms with Gasteiger partial charge >= 0.3 is 0 Å². The number of para-hydroxylation sites is 1. The van der Waals surface area contributed by atoms with Crippen LogP contribution in [0.5, 0.6) is 0 Å². The van der Waals surface area contributed by atoms with E-state index in [9.17, 15) is 4.79 Å². The molecule has 1 aromatic carbocycles. The van der Waals surface area contributed by atoms with Gasteiger partial charge in [0.05, 0.1) is 17.4 Å². The molecule has 132 valence electrons. The quantitative estimate of drug-likeness (QED) is 0.787.